The molecule has 1 unspecified atom stereocenters. The van der Waals surface area contributed by atoms with Crippen LogP contribution in [0.15, 0.2) is 34.2 Å². The Morgan fingerprint density at radius 2 is 2.00 bits per heavy atom. The van der Waals surface area contributed by atoms with Crippen LogP contribution in [0.5, 0.6) is 0 Å². The van der Waals surface area contributed by atoms with E-state index in [0.29, 0.717) is 17.5 Å². The van der Waals surface area contributed by atoms with Crippen LogP contribution < -0.4 is 10.6 Å². The average Bonchev–Trinajstić information content (AvgIpc) is 2.82. The summed E-state index contributed by atoms with van der Waals surface area (Å²) in [4.78, 5) is 4.61. The molecular formula is C13H20N4O2S. The summed E-state index contributed by atoms with van der Waals surface area (Å²) in [5.74, 6) is 0.794. The number of aliphatic imine (C=N–C) groups is 1. The summed E-state index contributed by atoms with van der Waals surface area (Å²) >= 11 is 0. The van der Waals surface area contributed by atoms with Crippen molar-refractivity contribution in [2.75, 3.05) is 20.6 Å². The molecule has 7 heteroatoms. The molecule has 0 aromatic heterocycles. The zero-order valence-corrected chi connectivity index (χ0v) is 12.7. The van der Waals surface area contributed by atoms with Crippen LogP contribution in [0.2, 0.25) is 0 Å². The van der Waals surface area contributed by atoms with Crippen LogP contribution in [0, 0.1) is 0 Å². The molecule has 1 heterocycles. The van der Waals surface area contributed by atoms with E-state index in [9.17, 15) is 8.42 Å². The third-order valence-electron chi connectivity index (χ3n) is 3.07. The maximum Gasteiger partial charge on any atom is 0.242 e. The summed E-state index contributed by atoms with van der Waals surface area (Å²) in [7, 11) is -0.307. The number of benzene rings is 1. The minimum atomic E-state index is -3.35. The van der Waals surface area contributed by atoms with Gasteiger partial charge in [0.25, 0.3) is 0 Å². The van der Waals surface area contributed by atoms with Gasteiger partial charge in [-0.25, -0.2) is 12.7 Å². The van der Waals surface area contributed by atoms with Crippen molar-refractivity contribution in [3.63, 3.8) is 0 Å². The second kappa shape index (κ2) is 5.80. The average molecular weight is 296 g/mol. The van der Waals surface area contributed by atoms with Crippen molar-refractivity contribution in [3.8, 4) is 0 Å². The summed E-state index contributed by atoms with van der Waals surface area (Å²) < 4.78 is 25.1. The predicted octanol–water partition coefficient (Wildman–Crippen LogP) is 0.374. The molecule has 1 aromatic rings. The minimum Gasteiger partial charge on any atom is -0.352 e. The van der Waals surface area contributed by atoms with E-state index in [0.717, 1.165) is 18.1 Å². The van der Waals surface area contributed by atoms with E-state index in [4.69, 9.17) is 0 Å². The van der Waals surface area contributed by atoms with Gasteiger partial charge in [-0.15, -0.1) is 0 Å². The molecule has 1 atom stereocenters. The standard InChI is InChI=1S/C13H20N4O2S/c1-10-8-14-13(16-10)15-9-11-4-6-12(7-5-11)20(18,19)17(2)3/h4-7,10H,8-9H2,1-3H3,(H2,14,15,16). The van der Waals surface area contributed by atoms with Crippen molar-refractivity contribution >= 4 is 16.0 Å². The highest BCUT2D eigenvalue weighted by Gasteiger charge is 2.16. The molecule has 2 rings (SSSR count). The number of sulfonamides is 1. The van der Waals surface area contributed by atoms with Gasteiger partial charge in [0.05, 0.1) is 11.4 Å². The van der Waals surface area contributed by atoms with Gasteiger partial charge in [0.2, 0.25) is 10.0 Å². The van der Waals surface area contributed by atoms with Crippen LogP contribution in [0.1, 0.15) is 12.5 Å². The fourth-order valence-corrected chi connectivity index (χ4v) is 2.74. The Hall–Kier alpha value is -1.60. The molecule has 0 fully saturated rings. The second-order valence-electron chi connectivity index (χ2n) is 5.02. The number of nitrogens with zero attached hydrogens (tertiary/aromatic N) is 2. The summed E-state index contributed by atoms with van der Waals surface area (Å²) in [6.45, 7) is 3.46. The highest BCUT2D eigenvalue weighted by atomic mass is 32.2. The smallest absolute Gasteiger partial charge is 0.242 e. The SMILES string of the molecule is CC1CN=C(NCc2ccc(S(=O)(=O)N(C)C)cc2)N1. The van der Waals surface area contributed by atoms with E-state index in [1.165, 1.54) is 18.4 Å². The number of nitrogens with one attached hydrogen (secondary N) is 2. The lowest BCUT2D eigenvalue weighted by Gasteiger charge is -2.12. The largest absolute Gasteiger partial charge is 0.352 e. The highest BCUT2D eigenvalue weighted by Crippen LogP contribution is 2.13. The van der Waals surface area contributed by atoms with Crippen molar-refractivity contribution in [1.29, 1.82) is 0 Å². The molecule has 0 saturated carbocycles. The third kappa shape index (κ3) is 3.29. The highest BCUT2D eigenvalue weighted by molar-refractivity contribution is 7.89. The van der Waals surface area contributed by atoms with E-state index in [-0.39, 0.29) is 0 Å². The molecule has 0 saturated heterocycles. The second-order valence-corrected chi connectivity index (χ2v) is 7.17. The van der Waals surface area contributed by atoms with Crippen molar-refractivity contribution in [2.24, 2.45) is 4.99 Å². The van der Waals surface area contributed by atoms with Gasteiger partial charge in [-0.1, -0.05) is 12.1 Å². The fraction of sp³-hybridized carbons (Fsp3) is 0.462. The van der Waals surface area contributed by atoms with Gasteiger partial charge in [-0.2, -0.15) is 0 Å². The van der Waals surface area contributed by atoms with Crippen LogP contribution in [-0.4, -0.2) is 45.4 Å². The number of rotatable bonds is 4. The Kier molecular flexibility index (Phi) is 4.29. The van der Waals surface area contributed by atoms with Crippen molar-refractivity contribution < 1.29 is 8.42 Å². The Balaban J connectivity index is 1.99. The lowest BCUT2D eigenvalue weighted by molar-refractivity contribution is 0.520. The fourth-order valence-electron chi connectivity index (χ4n) is 1.84. The molecule has 20 heavy (non-hydrogen) atoms. The normalized spacial score (nSPS) is 18.8. The molecule has 0 radical (unpaired) electrons. The van der Waals surface area contributed by atoms with Crippen molar-refractivity contribution in [2.45, 2.75) is 24.4 Å². The lowest BCUT2D eigenvalue weighted by Crippen LogP contribution is -2.37. The maximum absolute atomic E-state index is 11.9. The molecule has 1 aliphatic rings. The Bertz CT molecular complexity index is 593. The molecule has 0 bridgehead atoms. The Morgan fingerprint density at radius 1 is 1.35 bits per heavy atom. The number of hydrogen-bond donors (Lipinski definition) is 2. The van der Waals surface area contributed by atoms with Gasteiger partial charge in [0.1, 0.15) is 0 Å². The van der Waals surface area contributed by atoms with Crippen LogP contribution >= 0.6 is 0 Å². The first-order valence-electron chi connectivity index (χ1n) is 6.46. The predicted molar refractivity (Wildman–Crippen MR) is 79.1 cm³/mol. The quantitative estimate of drug-likeness (QED) is 0.842. The van der Waals surface area contributed by atoms with Gasteiger partial charge in [0.15, 0.2) is 5.96 Å². The number of guanidine groups is 1. The van der Waals surface area contributed by atoms with Crippen LogP contribution in [0.4, 0.5) is 0 Å². The molecule has 2 N–H and O–H groups in total. The molecule has 1 aliphatic heterocycles. The molecule has 6 nitrogen and oxygen atoms in total. The third-order valence-corrected chi connectivity index (χ3v) is 4.90. The van der Waals surface area contributed by atoms with E-state index in [1.807, 2.05) is 12.1 Å². The van der Waals surface area contributed by atoms with Gasteiger partial charge >= 0.3 is 0 Å². The van der Waals surface area contributed by atoms with Gasteiger partial charge < -0.3 is 10.6 Å². The molecule has 1 aromatic carbocycles. The van der Waals surface area contributed by atoms with Crippen LogP contribution in [0.3, 0.4) is 0 Å². The van der Waals surface area contributed by atoms with Crippen molar-refractivity contribution in [1.82, 2.24) is 14.9 Å². The summed E-state index contributed by atoms with van der Waals surface area (Å²) in [5.41, 5.74) is 1.01. The number of hydrogen-bond acceptors (Lipinski definition) is 5. The topological polar surface area (TPSA) is 73.8 Å². The minimum absolute atomic E-state index is 0.302. The molecule has 0 aliphatic carbocycles. The molecule has 110 valence electrons. The zero-order valence-electron chi connectivity index (χ0n) is 11.9. The van der Waals surface area contributed by atoms with E-state index in [2.05, 4.69) is 22.5 Å². The maximum atomic E-state index is 11.9. The van der Waals surface area contributed by atoms with Gasteiger partial charge in [-0.05, 0) is 24.6 Å². The Morgan fingerprint density at radius 3 is 2.50 bits per heavy atom. The summed E-state index contributed by atoms with van der Waals surface area (Å²) in [5, 5.41) is 6.40. The molecular weight excluding hydrogens is 276 g/mol. The zero-order chi connectivity index (χ0) is 14.8. The van der Waals surface area contributed by atoms with Crippen LogP contribution in [-0.2, 0) is 16.6 Å². The monoisotopic (exact) mass is 296 g/mol. The van der Waals surface area contributed by atoms with E-state index >= 15 is 0 Å². The van der Waals surface area contributed by atoms with E-state index < -0.39 is 10.0 Å². The lowest BCUT2D eigenvalue weighted by atomic mass is 10.2. The summed E-state index contributed by atoms with van der Waals surface area (Å²) in [6.07, 6.45) is 0. The Labute approximate surface area is 119 Å². The first-order chi connectivity index (χ1) is 9.39. The van der Waals surface area contributed by atoms with Crippen LogP contribution in [0.25, 0.3) is 0 Å². The van der Waals surface area contributed by atoms with E-state index in [1.54, 1.807) is 12.1 Å². The first-order valence-corrected chi connectivity index (χ1v) is 7.90. The molecule has 0 amide bonds. The van der Waals surface area contributed by atoms with Gasteiger partial charge in [0, 0.05) is 26.7 Å². The first kappa shape index (κ1) is 14.8. The van der Waals surface area contributed by atoms with Crippen molar-refractivity contribution in [3.05, 3.63) is 29.8 Å². The van der Waals surface area contributed by atoms with Gasteiger partial charge in [-0.3, -0.25) is 4.99 Å². The molecule has 0 spiro atoms. The summed E-state index contributed by atoms with van der Waals surface area (Å²) in [6, 6.07) is 7.23.